The summed E-state index contributed by atoms with van der Waals surface area (Å²) in [6.45, 7) is 0. The number of rotatable bonds is 2. The summed E-state index contributed by atoms with van der Waals surface area (Å²) < 4.78 is 7.46. The highest BCUT2D eigenvalue weighted by molar-refractivity contribution is 14.1. The molecule has 0 amide bonds. The van der Waals surface area contributed by atoms with Gasteiger partial charge < -0.3 is 9.52 Å². The Labute approximate surface area is 175 Å². The molecule has 0 aromatic heterocycles. The van der Waals surface area contributed by atoms with Crippen molar-refractivity contribution in [2.45, 2.75) is 0 Å². The molecule has 0 saturated heterocycles. The van der Waals surface area contributed by atoms with Crippen molar-refractivity contribution in [3.05, 3.63) is 77.5 Å². The third-order valence-electron chi connectivity index (χ3n) is 4.20. The fourth-order valence-electron chi connectivity index (χ4n) is 3.07. The quantitative estimate of drug-likeness (QED) is 0.258. The molecular weight excluding hydrogens is 558 g/mol. The Kier molecular flexibility index (Phi) is 4.47. The van der Waals surface area contributed by atoms with E-state index in [-0.39, 0.29) is 11.0 Å². The molecule has 1 heterocycles. The molecule has 0 atom stereocenters. The van der Waals surface area contributed by atoms with Gasteiger partial charge >= 0.3 is 5.97 Å². The van der Waals surface area contributed by atoms with E-state index >= 15 is 0 Å². The van der Waals surface area contributed by atoms with Crippen molar-refractivity contribution in [2.75, 3.05) is 0 Å². The molecule has 1 aliphatic carbocycles. The number of carbonyl (C=O) groups is 1. The van der Waals surface area contributed by atoms with Gasteiger partial charge in [-0.1, -0.05) is 30.3 Å². The first-order valence-corrected chi connectivity index (χ1v) is 9.81. The van der Waals surface area contributed by atoms with Crippen LogP contribution in [0.2, 0.25) is 0 Å². The minimum atomic E-state index is -0.997. The maximum absolute atomic E-state index is 12.1. The van der Waals surface area contributed by atoms with Crippen LogP contribution in [-0.4, -0.2) is 11.1 Å². The summed E-state index contributed by atoms with van der Waals surface area (Å²) in [7, 11) is 0. The predicted molar refractivity (Wildman–Crippen MR) is 117 cm³/mol. The van der Waals surface area contributed by atoms with E-state index in [9.17, 15) is 14.7 Å². The molecule has 4 rings (SSSR count). The van der Waals surface area contributed by atoms with E-state index < -0.39 is 5.97 Å². The van der Waals surface area contributed by atoms with Crippen LogP contribution in [0.1, 0.15) is 10.4 Å². The van der Waals surface area contributed by atoms with Gasteiger partial charge in [-0.3, -0.25) is 4.79 Å². The number of para-hydroxylation sites is 1. The Hall–Kier alpha value is -1.94. The number of halogens is 2. The number of hydrogen-bond acceptors (Lipinski definition) is 3. The van der Waals surface area contributed by atoms with E-state index in [4.69, 9.17) is 4.42 Å². The molecule has 6 heteroatoms. The molecule has 26 heavy (non-hydrogen) atoms. The third kappa shape index (κ3) is 2.71. The van der Waals surface area contributed by atoms with Gasteiger partial charge in [0.1, 0.15) is 9.15 Å². The first-order valence-electron chi connectivity index (χ1n) is 7.65. The average molecular weight is 568 g/mol. The Morgan fingerprint density at radius 1 is 0.923 bits per heavy atom. The van der Waals surface area contributed by atoms with E-state index in [2.05, 4.69) is 22.6 Å². The zero-order valence-corrected chi connectivity index (χ0v) is 17.4. The Bertz CT molecular complexity index is 1210. The van der Waals surface area contributed by atoms with Gasteiger partial charge in [-0.2, -0.15) is 0 Å². The van der Waals surface area contributed by atoms with E-state index in [1.54, 1.807) is 24.3 Å². The molecule has 0 radical (unpaired) electrons. The summed E-state index contributed by atoms with van der Waals surface area (Å²) in [5, 5.41) is 10.5. The standard InChI is InChI=1S/C20H10I2O4/c21-14-7-3-6-12-16(10-4-1-2-5-11(10)20(24)25)13-8-9-15(23)17(22)19(13)26-18(12)14/h1-9H,(H,24,25). The topological polar surface area (TPSA) is 67.5 Å². The number of benzene rings is 3. The Morgan fingerprint density at radius 3 is 2.46 bits per heavy atom. The van der Waals surface area contributed by atoms with E-state index in [0.717, 1.165) is 20.1 Å². The first kappa shape index (κ1) is 17.5. The van der Waals surface area contributed by atoms with Gasteiger partial charge in [-0.05, 0) is 75.0 Å². The van der Waals surface area contributed by atoms with Crippen LogP contribution in [0.15, 0.2) is 63.8 Å². The van der Waals surface area contributed by atoms with E-state index in [1.807, 2.05) is 46.9 Å². The summed E-state index contributed by atoms with van der Waals surface area (Å²) in [6, 6.07) is 15.8. The van der Waals surface area contributed by atoms with E-state index in [1.165, 1.54) is 6.07 Å². The second-order valence-electron chi connectivity index (χ2n) is 5.70. The van der Waals surface area contributed by atoms with Crippen LogP contribution < -0.4 is 5.43 Å². The van der Waals surface area contributed by atoms with Gasteiger partial charge in [0, 0.05) is 16.5 Å². The second-order valence-corrected chi connectivity index (χ2v) is 7.94. The predicted octanol–water partition coefficient (Wildman–Crippen LogP) is 5.47. The lowest BCUT2D eigenvalue weighted by atomic mass is 9.91. The minimum Gasteiger partial charge on any atom is -0.478 e. The van der Waals surface area contributed by atoms with Crippen molar-refractivity contribution >= 4 is 62.1 Å². The van der Waals surface area contributed by atoms with Gasteiger partial charge in [0.2, 0.25) is 0 Å². The summed E-state index contributed by atoms with van der Waals surface area (Å²) in [4.78, 5) is 23.9. The molecule has 0 bridgehead atoms. The molecule has 0 fully saturated rings. The average Bonchev–Trinajstić information content (AvgIpc) is 2.64. The summed E-state index contributed by atoms with van der Waals surface area (Å²) in [5.74, 6) is -0.520. The molecule has 2 aromatic carbocycles. The third-order valence-corrected chi connectivity index (χ3v) is 6.07. The van der Waals surface area contributed by atoms with Crippen molar-refractivity contribution in [3.63, 3.8) is 0 Å². The van der Waals surface area contributed by atoms with Gasteiger partial charge in [0.05, 0.1) is 9.13 Å². The zero-order valence-electron chi connectivity index (χ0n) is 13.1. The smallest absolute Gasteiger partial charge is 0.336 e. The lowest BCUT2D eigenvalue weighted by Gasteiger charge is -2.17. The fourth-order valence-corrected chi connectivity index (χ4v) is 4.26. The maximum Gasteiger partial charge on any atom is 0.336 e. The highest BCUT2D eigenvalue weighted by Gasteiger charge is 2.24. The molecule has 128 valence electrons. The lowest BCUT2D eigenvalue weighted by molar-refractivity contribution is 0.0697. The first-order chi connectivity index (χ1) is 12.5. The molecule has 1 aliphatic heterocycles. The molecule has 0 saturated carbocycles. The van der Waals surface area contributed by atoms with Crippen LogP contribution in [0.4, 0.5) is 0 Å². The van der Waals surface area contributed by atoms with Crippen molar-refractivity contribution in [1.82, 2.24) is 0 Å². The van der Waals surface area contributed by atoms with Crippen LogP contribution in [0.5, 0.6) is 0 Å². The summed E-state index contributed by atoms with van der Waals surface area (Å²) in [5.41, 5.74) is 2.81. The van der Waals surface area contributed by atoms with E-state index in [0.29, 0.717) is 20.5 Å². The van der Waals surface area contributed by atoms with Gasteiger partial charge in [0.15, 0.2) is 11.2 Å². The molecule has 1 N–H and O–H groups in total. The fraction of sp³-hybridized carbons (Fsp3) is 0. The van der Waals surface area contributed by atoms with Crippen LogP contribution in [0, 0.1) is 7.14 Å². The summed E-state index contributed by atoms with van der Waals surface area (Å²) >= 11 is 4.16. The Balaban J connectivity index is 2.27. The molecule has 0 unspecified atom stereocenters. The number of carboxylic acid groups (broad SMARTS) is 1. The minimum absolute atomic E-state index is 0.121. The second kappa shape index (κ2) is 6.66. The summed E-state index contributed by atoms with van der Waals surface area (Å²) in [6.07, 6.45) is 0. The number of hydrogen-bond donors (Lipinski definition) is 1. The number of aromatic carboxylic acids is 1. The maximum atomic E-state index is 12.1. The molecular formula is C20H10I2O4. The number of fused-ring (bicyclic) bond motifs is 2. The van der Waals surface area contributed by atoms with Gasteiger partial charge in [-0.25, -0.2) is 4.79 Å². The molecule has 4 nitrogen and oxygen atoms in total. The van der Waals surface area contributed by atoms with Crippen molar-refractivity contribution < 1.29 is 14.3 Å². The highest BCUT2D eigenvalue weighted by Crippen LogP contribution is 2.43. The number of carboxylic acids is 1. The molecule has 0 spiro atoms. The molecule has 2 aliphatic rings. The normalized spacial score (nSPS) is 11.2. The van der Waals surface area contributed by atoms with Crippen molar-refractivity contribution in [2.24, 2.45) is 0 Å². The van der Waals surface area contributed by atoms with Crippen LogP contribution >= 0.6 is 45.2 Å². The SMILES string of the molecule is O=C(O)c1ccccc1-c1c2ccc(=O)c(I)c-2oc2c(I)cccc12. The zero-order chi connectivity index (χ0) is 18.4. The Morgan fingerprint density at radius 2 is 1.69 bits per heavy atom. The van der Waals surface area contributed by atoms with Crippen LogP contribution in [-0.2, 0) is 0 Å². The van der Waals surface area contributed by atoms with Gasteiger partial charge in [0.25, 0.3) is 0 Å². The van der Waals surface area contributed by atoms with Crippen LogP contribution in [0.3, 0.4) is 0 Å². The van der Waals surface area contributed by atoms with Crippen molar-refractivity contribution in [3.8, 4) is 22.5 Å². The van der Waals surface area contributed by atoms with Crippen LogP contribution in [0.25, 0.3) is 33.4 Å². The lowest BCUT2D eigenvalue weighted by Crippen LogP contribution is -2.08. The van der Waals surface area contributed by atoms with Crippen molar-refractivity contribution in [1.29, 1.82) is 0 Å². The monoisotopic (exact) mass is 568 g/mol. The highest BCUT2D eigenvalue weighted by atomic mass is 127. The van der Waals surface area contributed by atoms with Gasteiger partial charge in [-0.15, -0.1) is 0 Å². The largest absolute Gasteiger partial charge is 0.478 e. The molecule has 2 aromatic rings.